The van der Waals surface area contributed by atoms with E-state index in [4.69, 9.17) is 9.90 Å². The zero-order chi connectivity index (χ0) is 4.71. The Morgan fingerprint density at radius 2 is 1.60 bits per heavy atom. The van der Waals surface area contributed by atoms with Crippen LogP contribution < -0.4 is 0 Å². The van der Waals surface area contributed by atoms with E-state index >= 15 is 0 Å². The zero-order valence-electron chi connectivity index (χ0n) is 2.85. The van der Waals surface area contributed by atoms with Gasteiger partial charge in [-0.1, -0.05) is 6.58 Å². The highest BCUT2D eigenvalue weighted by atomic mass is 16.2. The molecule has 0 aliphatic rings. The first kappa shape index (κ1) is 8.88. The molecule has 0 atom stereocenters. The van der Waals surface area contributed by atoms with Crippen LogP contribution in [0.3, 0.4) is 0 Å². The van der Waals surface area contributed by atoms with Crippen LogP contribution in [0.1, 0.15) is 0 Å². The summed E-state index contributed by atoms with van der Waals surface area (Å²) in [6.07, 6.45) is 0.750. The first-order valence-corrected chi connectivity index (χ1v) is 0.955. The molecule has 2 heteroatoms. The molecule has 0 amide bonds. The van der Waals surface area contributed by atoms with Gasteiger partial charge < -0.3 is 9.90 Å². The van der Waals surface area contributed by atoms with E-state index in [0.717, 1.165) is 6.26 Å². The van der Waals surface area contributed by atoms with Crippen LogP contribution in [0.5, 0.6) is 0 Å². The van der Waals surface area contributed by atoms with E-state index < -0.39 is 0 Å². The van der Waals surface area contributed by atoms with Crippen molar-refractivity contribution < 1.29 is 9.90 Å². The Bertz CT molecular complexity index is 18.9. The van der Waals surface area contributed by atoms with Crippen LogP contribution in [0.4, 0.5) is 0 Å². The number of hydrogen-bond donors (Lipinski definition) is 1. The van der Waals surface area contributed by atoms with E-state index in [1.54, 1.807) is 0 Å². The molecule has 0 aromatic rings. The minimum Gasteiger partial charge on any atom is -0.516 e. The van der Waals surface area contributed by atoms with Gasteiger partial charge >= 0.3 is 0 Å². The molecule has 0 rings (SSSR count). The van der Waals surface area contributed by atoms with Gasteiger partial charge in [0.05, 0.1) is 6.26 Å². The number of aliphatic hydroxyl groups excluding tert-OH is 1. The van der Waals surface area contributed by atoms with Gasteiger partial charge in [-0.15, -0.1) is 0 Å². The fourth-order valence-corrected chi connectivity index (χ4v) is 0. The summed E-state index contributed by atoms with van der Waals surface area (Å²) in [5.41, 5.74) is 0. The number of carbonyl (C=O) groups excluding carboxylic acids is 1. The summed E-state index contributed by atoms with van der Waals surface area (Å²) in [5, 5.41) is 7.33. The summed E-state index contributed by atoms with van der Waals surface area (Å²) in [5.74, 6) is 0. The Morgan fingerprint density at radius 3 is 1.60 bits per heavy atom. The first-order chi connectivity index (χ1) is 2.41. The predicted octanol–water partition coefficient (Wildman–Crippen LogP) is 0.503. The maximum atomic E-state index is 8.00. The summed E-state index contributed by atoms with van der Waals surface area (Å²) in [6, 6.07) is 0. The lowest BCUT2D eigenvalue weighted by Gasteiger charge is -1.41. The van der Waals surface area contributed by atoms with E-state index in [9.17, 15) is 0 Å². The van der Waals surface area contributed by atoms with E-state index in [-0.39, 0.29) is 0 Å². The van der Waals surface area contributed by atoms with Gasteiger partial charge in [0.2, 0.25) is 0 Å². The van der Waals surface area contributed by atoms with E-state index in [1.165, 1.54) is 0 Å². The predicted molar refractivity (Wildman–Crippen MR) is 19.9 cm³/mol. The van der Waals surface area contributed by atoms with Crippen molar-refractivity contribution in [1.29, 1.82) is 0 Å². The van der Waals surface area contributed by atoms with Crippen LogP contribution in [-0.2, 0) is 4.79 Å². The van der Waals surface area contributed by atoms with Gasteiger partial charge in [-0.05, 0) is 0 Å². The van der Waals surface area contributed by atoms with Gasteiger partial charge in [-0.25, -0.2) is 0 Å². The molecule has 5 heavy (non-hydrogen) atoms. The summed E-state index contributed by atoms with van der Waals surface area (Å²) in [7, 11) is 0. The molecule has 0 aliphatic heterocycles. The molecule has 0 aliphatic carbocycles. The van der Waals surface area contributed by atoms with Crippen molar-refractivity contribution in [3.63, 3.8) is 0 Å². The van der Waals surface area contributed by atoms with Crippen molar-refractivity contribution in [3.05, 3.63) is 12.8 Å². The second kappa shape index (κ2) is 356. The van der Waals surface area contributed by atoms with Gasteiger partial charge in [0.1, 0.15) is 6.79 Å². The Balaban J connectivity index is 0. The quantitative estimate of drug-likeness (QED) is 0.425. The van der Waals surface area contributed by atoms with E-state index in [1.807, 2.05) is 6.79 Å². The minimum atomic E-state index is 0.750. The molecule has 0 aromatic carbocycles. The van der Waals surface area contributed by atoms with Crippen LogP contribution in [0.15, 0.2) is 12.8 Å². The second-order valence-corrected chi connectivity index (χ2v) is 0.183. The third kappa shape index (κ3) is 7.53. The maximum absolute atomic E-state index is 8.00. The molecule has 0 saturated carbocycles. The second-order valence-electron chi connectivity index (χ2n) is 0.183. The molecule has 2 nitrogen and oxygen atoms in total. The van der Waals surface area contributed by atoms with Crippen LogP contribution in [-0.4, -0.2) is 11.9 Å². The lowest BCUT2D eigenvalue weighted by molar-refractivity contribution is -0.0979. The van der Waals surface area contributed by atoms with E-state index in [0.29, 0.717) is 0 Å². The van der Waals surface area contributed by atoms with Crippen molar-refractivity contribution in [2.75, 3.05) is 0 Å². The normalized spacial score (nSPS) is 3.20. The molecule has 0 aromatic heterocycles. The number of rotatable bonds is 0. The Labute approximate surface area is 30.7 Å². The zero-order valence-corrected chi connectivity index (χ0v) is 2.85. The molecular weight excluding hydrogens is 68.0 g/mol. The summed E-state index contributed by atoms with van der Waals surface area (Å²) in [6.45, 7) is 4.92. The molecule has 1 N–H and O–H groups in total. The Morgan fingerprint density at radius 1 is 1.60 bits per heavy atom. The van der Waals surface area contributed by atoms with Gasteiger partial charge in [0.15, 0.2) is 0 Å². The molecule has 0 heterocycles. The molecule has 0 radical (unpaired) electrons. The molecule has 30 valence electrons. The Hall–Kier alpha value is -0.790. The van der Waals surface area contributed by atoms with Gasteiger partial charge in [0, 0.05) is 0 Å². The lowest BCUT2D eigenvalue weighted by Crippen LogP contribution is -1.25. The summed E-state index contributed by atoms with van der Waals surface area (Å²) < 4.78 is 0. The highest BCUT2D eigenvalue weighted by molar-refractivity contribution is 5.10. The molecule has 0 bridgehead atoms. The largest absolute Gasteiger partial charge is 0.516 e. The smallest absolute Gasteiger partial charge is 0.106 e. The fraction of sp³-hybridized carbons (Fsp3) is 0. The van der Waals surface area contributed by atoms with Crippen LogP contribution >= 0.6 is 0 Å². The monoisotopic (exact) mass is 74.0 g/mol. The third-order valence-corrected chi connectivity index (χ3v) is 0. The average Bonchev–Trinajstić information content (AvgIpc) is 1.46. The number of hydrogen-bond acceptors (Lipinski definition) is 2. The first-order valence-electron chi connectivity index (χ1n) is 0.955. The standard InChI is InChI=1S/C2H4O.CH2O/c1-2-3;1-2/h2-3H,1H2;1H2. The summed E-state index contributed by atoms with van der Waals surface area (Å²) >= 11 is 0. The van der Waals surface area contributed by atoms with Gasteiger partial charge in [0.25, 0.3) is 0 Å². The fourth-order valence-electron chi connectivity index (χ4n) is 0. The highest BCUT2D eigenvalue weighted by Crippen LogP contribution is 1.26. The molecular formula is C3H6O2. The van der Waals surface area contributed by atoms with Crippen molar-refractivity contribution in [2.24, 2.45) is 0 Å². The van der Waals surface area contributed by atoms with Crippen molar-refractivity contribution in [1.82, 2.24) is 0 Å². The van der Waals surface area contributed by atoms with E-state index in [2.05, 4.69) is 6.58 Å². The van der Waals surface area contributed by atoms with Crippen LogP contribution in [0.25, 0.3) is 0 Å². The highest BCUT2D eigenvalue weighted by Gasteiger charge is 1.11. The summed E-state index contributed by atoms with van der Waals surface area (Å²) in [4.78, 5) is 8.00. The van der Waals surface area contributed by atoms with Crippen molar-refractivity contribution in [2.45, 2.75) is 0 Å². The third-order valence-electron chi connectivity index (χ3n) is 0. The topological polar surface area (TPSA) is 37.3 Å². The average molecular weight is 74.1 g/mol. The van der Waals surface area contributed by atoms with Gasteiger partial charge in [-0.2, -0.15) is 0 Å². The van der Waals surface area contributed by atoms with Crippen LogP contribution in [0.2, 0.25) is 0 Å². The maximum Gasteiger partial charge on any atom is 0.106 e. The van der Waals surface area contributed by atoms with Crippen molar-refractivity contribution >= 4 is 6.79 Å². The lowest BCUT2D eigenvalue weighted by atomic mass is 11.2. The Kier molecular flexibility index (Phi) is 632. The number of aliphatic hydroxyl groups is 1. The van der Waals surface area contributed by atoms with Gasteiger partial charge in [-0.3, -0.25) is 0 Å². The molecule has 0 spiro atoms. The molecule has 0 unspecified atom stereocenters. The minimum absolute atomic E-state index is 0.750. The SMILES string of the molecule is C=CO.C=O. The van der Waals surface area contributed by atoms with Crippen molar-refractivity contribution in [3.8, 4) is 0 Å². The molecule has 0 saturated heterocycles. The molecule has 0 fully saturated rings. The number of carbonyl (C=O) groups is 1. The van der Waals surface area contributed by atoms with Crippen LogP contribution in [0, 0.1) is 0 Å².